The fourth-order valence-electron chi connectivity index (χ4n) is 2.86. The van der Waals surface area contributed by atoms with Gasteiger partial charge in [-0.25, -0.2) is 9.59 Å². The van der Waals surface area contributed by atoms with E-state index >= 15 is 0 Å². The van der Waals surface area contributed by atoms with Crippen molar-refractivity contribution in [2.24, 2.45) is 0 Å². The van der Waals surface area contributed by atoms with E-state index in [0.29, 0.717) is 12.1 Å². The van der Waals surface area contributed by atoms with E-state index in [4.69, 9.17) is 20.1 Å². The molecule has 11 nitrogen and oxygen atoms in total. The SMILES string of the molecule is CC(C)(C)OC(=O)NC(Cc1ccc(O)cc1)C(=O)O.CCN(CCC(=O)O)CCc1cnc[n-]1.[Pd]. The summed E-state index contributed by atoms with van der Waals surface area (Å²) in [6, 6.07) is 5.03. The number of nitrogens with zero attached hydrogens (tertiary/aromatic N) is 3. The van der Waals surface area contributed by atoms with Gasteiger partial charge in [-0.15, -0.1) is 0 Å². The maximum atomic E-state index is 11.6. The van der Waals surface area contributed by atoms with Gasteiger partial charge in [-0.3, -0.25) is 4.79 Å². The number of benzene rings is 1. The number of nitrogens with one attached hydrogen (secondary N) is 1. The normalized spacial score (nSPS) is 11.5. The summed E-state index contributed by atoms with van der Waals surface area (Å²) in [5.41, 5.74) is 0.959. The molecule has 4 N–H and O–H groups in total. The van der Waals surface area contributed by atoms with Crippen molar-refractivity contribution in [3.05, 3.63) is 48.0 Å². The van der Waals surface area contributed by atoms with Gasteiger partial charge in [-0.1, -0.05) is 37.3 Å². The first-order chi connectivity index (χ1) is 16.4. The predicted octanol–water partition coefficient (Wildman–Crippen LogP) is 2.29. The molecule has 0 aliphatic heterocycles. The number of phenols is 1. The van der Waals surface area contributed by atoms with Crippen LogP contribution in [0.3, 0.4) is 0 Å². The Morgan fingerprint density at radius 3 is 2.25 bits per heavy atom. The van der Waals surface area contributed by atoms with Crippen LogP contribution in [-0.2, 0) is 47.6 Å². The summed E-state index contributed by atoms with van der Waals surface area (Å²) in [5, 5.41) is 29.2. The number of ether oxygens (including phenoxy) is 1. The number of imidazole rings is 1. The quantitative estimate of drug-likeness (QED) is 0.283. The van der Waals surface area contributed by atoms with Gasteiger partial charge in [-0.05, 0) is 51.4 Å². The topological polar surface area (TPSA) is 163 Å². The van der Waals surface area contributed by atoms with Gasteiger partial charge in [0.15, 0.2) is 0 Å². The van der Waals surface area contributed by atoms with Gasteiger partial charge in [0.2, 0.25) is 0 Å². The molecule has 0 fully saturated rings. The van der Waals surface area contributed by atoms with Crippen molar-refractivity contribution in [3.63, 3.8) is 0 Å². The summed E-state index contributed by atoms with van der Waals surface area (Å²) >= 11 is 0. The first kappa shape index (κ1) is 33.1. The van der Waals surface area contributed by atoms with Crippen molar-refractivity contribution in [2.45, 2.75) is 58.6 Å². The number of rotatable bonds is 11. The first-order valence-corrected chi connectivity index (χ1v) is 11.3. The van der Waals surface area contributed by atoms with Crippen LogP contribution in [0, 0.1) is 0 Å². The number of aromatic nitrogens is 2. The molecule has 1 atom stereocenters. The average Bonchev–Trinajstić information content (AvgIpc) is 3.27. The van der Waals surface area contributed by atoms with E-state index in [1.807, 2.05) is 6.92 Å². The van der Waals surface area contributed by atoms with Crippen LogP contribution in [0.15, 0.2) is 36.8 Å². The van der Waals surface area contributed by atoms with Crippen LogP contribution in [0.25, 0.3) is 0 Å². The maximum Gasteiger partial charge on any atom is 0.408 e. The first-order valence-electron chi connectivity index (χ1n) is 11.3. The second-order valence-corrected chi connectivity index (χ2v) is 8.75. The van der Waals surface area contributed by atoms with Gasteiger partial charge in [0.25, 0.3) is 0 Å². The molecule has 0 bridgehead atoms. The molecule has 2 aromatic rings. The van der Waals surface area contributed by atoms with E-state index in [1.54, 1.807) is 39.1 Å². The third-order valence-electron chi connectivity index (χ3n) is 4.65. The number of carboxylic acids is 2. The van der Waals surface area contributed by atoms with E-state index in [9.17, 15) is 14.4 Å². The zero-order chi connectivity index (χ0) is 26.4. The number of likely N-dealkylation sites (N-methyl/N-ethyl adjacent to an activating group) is 1. The van der Waals surface area contributed by atoms with Gasteiger partial charge in [0, 0.05) is 39.9 Å². The third kappa shape index (κ3) is 15.1. The Hall–Kier alpha value is -2.94. The predicted molar refractivity (Wildman–Crippen MR) is 128 cm³/mol. The fraction of sp³-hybridized carbons (Fsp3) is 0.500. The molecule has 0 saturated heterocycles. The number of aliphatic carboxylic acids is 2. The number of phenolic OH excluding ortho intramolecular Hbond substituents is 1. The molecule has 1 unspecified atom stereocenters. The number of carbonyl (C=O) groups excluding carboxylic acids is 1. The number of hydrogen-bond acceptors (Lipinski definition) is 7. The standard InChI is InChI=1S/C14H19NO5.C10H17N3O2.Pd/c1-14(2,3)20-13(19)15-11(12(17)18)8-9-4-6-10(16)7-5-9;1-2-13(6-4-10(14)15)5-3-9-7-11-8-12-9;/h4-7,11,16H,8H2,1-3H3,(H,15,19)(H,17,18);7-8H,2-6H2,1H3,(H2,11,12,14,15);/p-1. The van der Waals surface area contributed by atoms with E-state index < -0.39 is 29.7 Å². The van der Waals surface area contributed by atoms with Gasteiger partial charge in [0.05, 0.1) is 6.42 Å². The summed E-state index contributed by atoms with van der Waals surface area (Å²) in [4.78, 5) is 43.2. The molecule has 1 amide bonds. The van der Waals surface area contributed by atoms with Gasteiger partial charge in [-0.2, -0.15) is 0 Å². The largest absolute Gasteiger partial charge is 0.508 e. The molecule has 0 saturated carbocycles. The summed E-state index contributed by atoms with van der Waals surface area (Å²) in [5.74, 6) is -1.80. The summed E-state index contributed by atoms with van der Waals surface area (Å²) in [6.07, 6.45) is 3.63. The Bertz CT molecular complexity index is 916. The molecular weight excluding hydrogens is 563 g/mol. The zero-order valence-corrected chi connectivity index (χ0v) is 22.5. The van der Waals surface area contributed by atoms with Crippen molar-refractivity contribution >= 4 is 18.0 Å². The van der Waals surface area contributed by atoms with Crippen LogP contribution in [0.5, 0.6) is 5.75 Å². The number of aromatic hydroxyl groups is 1. The second-order valence-electron chi connectivity index (χ2n) is 8.75. The van der Waals surface area contributed by atoms with E-state index in [2.05, 4.69) is 20.2 Å². The monoisotopic (exact) mass is 597 g/mol. The van der Waals surface area contributed by atoms with E-state index in [0.717, 1.165) is 25.2 Å². The molecule has 0 spiro atoms. The number of carbonyl (C=O) groups is 3. The smallest absolute Gasteiger partial charge is 0.408 e. The minimum atomic E-state index is -1.15. The maximum absolute atomic E-state index is 11.6. The van der Waals surface area contributed by atoms with Crippen LogP contribution in [-0.4, -0.2) is 74.5 Å². The number of hydrogen-bond donors (Lipinski definition) is 4. The molecule has 36 heavy (non-hydrogen) atoms. The van der Waals surface area contributed by atoms with Gasteiger partial charge < -0.3 is 40.2 Å². The Morgan fingerprint density at radius 1 is 1.14 bits per heavy atom. The van der Waals surface area contributed by atoms with Crippen molar-refractivity contribution in [1.29, 1.82) is 0 Å². The van der Waals surface area contributed by atoms with Crippen LogP contribution in [0.2, 0.25) is 0 Å². The van der Waals surface area contributed by atoms with Gasteiger partial charge >= 0.3 is 18.0 Å². The van der Waals surface area contributed by atoms with Crippen LogP contribution >= 0.6 is 0 Å². The minimum Gasteiger partial charge on any atom is -0.508 e. The molecular formula is C24H35N4O7Pd-. The molecule has 204 valence electrons. The van der Waals surface area contributed by atoms with Gasteiger partial charge in [0.1, 0.15) is 17.4 Å². The summed E-state index contributed by atoms with van der Waals surface area (Å²) in [6.45, 7) is 9.41. The van der Waals surface area contributed by atoms with Crippen molar-refractivity contribution in [3.8, 4) is 5.75 Å². The van der Waals surface area contributed by atoms with E-state index in [-0.39, 0.29) is 39.0 Å². The van der Waals surface area contributed by atoms with Crippen LogP contribution < -0.4 is 10.3 Å². The molecule has 1 aromatic heterocycles. The molecule has 2 rings (SSSR count). The van der Waals surface area contributed by atoms with Crippen LogP contribution in [0.1, 0.15) is 45.4 Å². The van der Waals surface area contributed by atoms with E-state index in [1.165, 1.54) is 18.5 Å². The molecule has 1 aromatic carbocycles. The fourth-order valence-corrected chi connectivity index (χ4v) is 2.86. The Morgan fingerprint density at radius 2 is 1.78 bits per heavy atom. The number of carboxylic acid groups (broad SMARTS) is 2. The van der Waals surface area contributed by atoms with Crippen molar-refractivity contribution in [2.75, 3.05) is 19.6 Å². The zero-order valence-electron chi connectivity index (χ0n) is 20.9. The summed E-state index contributed by atoms with van der Waals surface area (Å²) in [7, 11) is 0. The molecule has 0 aliphatic carbocycles. The van der Waals surface area contributed by atoms with Crippen molar-refractivity contribution in [1.82, 2.24) is 20.2 Å². The second kappa shape index (κ2) is 16.7. The molecule has 0 aliphatic rings. The Kier molecular flexibility index (Phi) is 15.3. The molecule has 12 heteroatoms. The number of alkyl carbamates (subject to hydrolysis) is 1. The summed E-state index contributed by atoms with van der Waals surface area (Å²) < 4.78 is 5.02. The number of amides is 1. The molecule has 1 heterocycles. The minimum absolute atomic E-state index is 0. The Balaban J connectivity index is 0.000000687. The van der Waals surface area contributed by atoms with Crippen molar-refractivity contribution < 1.29 is 54.9 Å². The Labute approximate surface area is 224 Å². The average molecular weight is 598 g/mol. The molecule has 0 radical (unpaired) electrons. The third-order valence-corrected chi connectivity index (χ3v) is 4.65. The van der Waals surface area contributed by atoms with Crippen LogP contribution in [0.4, 0.5) is 4.79 Å².